The van der Waals surface area contributed by atoms with Gasteiger partial charge in [0.1, 0.15) is 0 Å². The fourth-order valence-electron chi connectivity index (χ4n) is 3.03. The lowest BCUT2D eigenvalue weighted by molar-refractivity contribution is -0.0809. The van der Waals surface area contributed by atoms with Crippen molar-refractivity contribution >= 4 is 0 Å². The summed E-state index contributed by atoms with van der Waals surface area (Å²) in [4.78, 5) is 2.46. The van der Waals surface area contributed by atoms with Gasteiger partial charge in [-0.05, 0) is 38.3 Å². The molecule has 0 saturated carbocycles. The summed E-state index contributed by atoms with van der Waals surface area (Å²) in [5.74, 6) is 0. The fourth-order valence-corrected chi connectivity index (χ4v) is 3.03. The molecule has 1 aliphatic rings. The van der Waals surface area contributed by atoms with Crippen molar-refractivity contribution in [3.05, 3.63) is 35.4 Å². The lowest BCUT2D eigenvalue weighted by Gasteiger charge is -2.41. The molecule has 1 aromatic carbocycles. The molecule has 2 N–H and O–H groups in total. The molecule has 3 heteroatoms. The molecule has 1 saturated heterocycles. The van der Waals surface area contributed by atoms with Gasteiger partial charge in [-0.25, -0.2) is 0 Å². The van der Waals surface area contributed by atoms with Gasteiger partial charge in [0.05, 0.1) is 12.2 Å². The first-order valence-corrected chi connectivity index (χ1v) is 7.75. The van der Waals surface area contributed by atoms with Crippen LogP contribution >= 0.6 is 0 Å². The first-order valence-electron chi connectivity index (χ1n) is 7.75. The highest BCUT2D eigenvalue weighted by Crippen LogP contribution is 2.22. The zero-order valence-electron chi connectivity index (χ0n) is 13.2. The Morgan fingerprint density at radius 2 is 1.75 bits per heavy atom. The molecule has 112 valence electrons. The van der Waals surface area contributed by atoms with E-state index in [9.17, 15) is 0 Å². The molecule has 0 aliphatic carbocycles. The first-order chi connectivity index (χ1) is 9.51. The minimum Gasteiger partial charge on any atom is -0.373 e. The Balaban J connectivity index is 2.04. The van der Waals surface area contributed by atoms with E-state index in [2.05, 4.69) is 56.9 Å². The van der Waals surface area contributed by atoms with Gasteiger partial charge in [0.2, 0.25) is 0 Å². The Bertz CT molecular complexity index is 408. The minimum atomic E-state index is 0.0541. The first kappa shape index (κ1) is 15.5. The van der Waals surface area contributed by atoms with Crippen molar-refractivity contribution in [3.63, 3.8) is 0 Å². The number of rotatable bonds is 4. The van der Waals surface area contributed by atoms with Crippen molar-refractivity contribution in [1.82, 2.24) is 4.90 Å². The number of hydrogen-bond donors (Lipinski definition) is 1. The monoisotopic (exact) mass is 276 g/mol. The van der Waals surface area contributed by atoms with E-state index < -0.39 is 0 Å². The Labute approximate surface area is 123 Å². The average Bonchev–Trinajstić information content (AvgIpc) is 2.45. The number of morpholine rings is 1. The maximum absolute atomic E-state index is 6.47. The Morgan fingerprint density at radius 1 is 1.20 bits per heavy atom. The van der Waals surface area contributed by atoms with E-state index in [1.54, 1.807) is 0 Å². The van der Waals surface area contributed by atoms with Crippen LogP contribution in [0, 0.1) is 0 Å². The van der Waals surface area contributed by atoms with Gasteiger partial charge in [-0.1, -0.05) is 31.2 Å². The van der Waals surface area contributed by atoms with E-state index in [-0.39, 0.29) is 18.2 Å². The largest absolute Gasteiger partial charge is 0.373 e. The van der Waals surface area contributed by atoms with Crippen LogP contribution in [0.2, 0.25) is 0 Å². The summed E-state index contributed by atoms with van der Waals surface area (Å²) in [6, 6.07) is 9.11. The van der Waals surface area contributed by atoms with Crippen molar-refractivity contribution in [2.75, 3.05) is 13.1 Å². The van der Waals surface area contributed by atoms with Gasteiger partial charge in [-0.15, -0.1) is 0 Å². The third-order valence-corrected chi connectivity index (χ3v) is 4.32. The van der Waals surface area contributed by atoms with E-state index in [0.717, 1.165) is 19.5 Å². The van der Waals surface area contributed by atoms with Crippen molar-refractivity contribution in [3.8, 4) is 0 Å². The molecule has 1 heterocycles. The van der Waals surface area contributed by atoms with Crippen molar-refractivity contribution in [2.45, 2.75) is 58.4 Å². The lowest BCUT2D eigenvalue weighted by Crippen LogP contribution is -2.52. The van der Waals surface area contributed by atoms with Gasteiger partial charge >= 0.3 is 0 Å². The van der Waals surface area contributed by atoms with Crippen molar-refractivity contribution in [1.29, 1.82) is 0 Å². The Morgan fingerprint density at radius 3 is 2.25 bits per heavy atom. The number of nitrogens with two attached hydrogens (primary N) is 1. The smallest absolute Gasteiger partial charge is 0.0678 e. The maximum atomic E-state index is 6.47. The second-order valence-electron chi connectivity index (χ2n) is 6.07. The molecule has 2 unspecified atom stereocenters. The summed E-state index contributed by atoms with van der Waals surface area (Å²) < 4.78 is 5.80. The highest BCUT2D eigenvalue weighted by Gasteiger charge is 2.29. The van der Waals surface area contributed by atoms with Crippen LogP contribution in [0.25, 0.3) is 0 Å². The molecule has 4 atom stereocenters. The zero-order valence-corrected chi connectivity index (χ0v) is 13.2. The standard InChI is InChI=1S/C17H28N2O/c1-5-15-6-8-16(9-7-15)17(18)14(4)19-10-12(2)20-13(3)11-19/h6-9,12-14,17H,5,10-11,18H2,1-4H3/t12-,13+,14?,17?. The van der Waals surface area contributed by atoms with Gasteiger partial charge in [0, 0.05) is 25.2 Å². The quantitative estimate of drug-likeness (QED) is 0.919. The SMILES string of the molecule is CCc1ccc(C(N)C(C)N2C[C@@H](C)O[C@@H](C)C2)cc1. The molecule has 20 heavy (non-hydrogen) atoms. The number of benzene rings is 1. The summed E-state index contributed by atoms with van der Waals surface area (Å²) in [7, 11) is 0. The molecule has 0 spiro atoms. The molecule has 1 fully saturated rings. The third kappa shape index (κ3) is 3.60. The molecular weight excluding hydrogens is 248 g/mol. The van der Waals surface area contributed by atoms with E-state index in [1.807, 2.05) is 0 Å². The van der Waals surface area contributed by atoms with Crippen LogP contribution < -0.4 is 5.73 Å². The van der Waals surface area contributed by atoms with Crippen LogP contribution in [-0.4, -0.2) is 36.2 Å². The molecular formula is C17H28N2O. The average molecular weight is 276 g/mol. The van der Waals surface area contributed by atoms with Crippen molar-refractivity contribution < 1.29 is 4.74 Å². The van der Waals surface area contributed by atoms with Crippen LogP contribution in [0.1, 0.15) is 44.9 Å². The lowest BCUT2D eigenvalue weighted by atomic mass is 9.97. The summed E-state index contributed by atoms with van der Waals surface area (Å²) in [6.07, 6.45) is 1.65. The molecule has 1 aromatic rings. The number of ether oxygens (including phenoxy) is 1. The van der Waals surface area contributed by atoms with Gasteiger partial charge in [-0.3, -0.25) is 4.90 Å². The Kier molecular flexibility index (Phi) is 5.19. The molecule has 3 nitrogen and oxygen atoms in total. The highest BCUT2D eigenvalue weighted by molar-refractivity contribution is 5.25. The number of nitrogens with zero attached hydrogens (tertiary/aromatic N) is 1. The summed E-state index contributed by atoms with van der Waals surface area (Å²) in [5, 5.41) is 0. The van der Waals surface area contributed by atoms with E-state index >= 15 is 0 Å². The Hall–Kier alpha value is -0.900. The van der Waals surface area contributed by atoms with Gasteiger partial charge < -0.3 is 10.5 Å². The molecule has 0 radical (unpaired) electrons. The van der Waals surface area contributed by atoms with E-state index in [4.69, 9.17) is 10.5 Å². The second kappa shape index (κ2) is 6.70. The second-order valence-corrected chi connectivity index (χ2v) is 6.07. The summed E-state index contributed by atoms with van der Waals surface area (Å²) in [5.41, 5.74) is 9.06. The van der Waals surface area contributed by atoms with Crippen LogP contribution in [0.4, 0.5) is 0 Å². The predicted molar refractivity (Wildman–Crippen MR) is 83.8 cm³/mol. The van der Waals surface area contributed by atoms with Crippen LogP contribution in [-0.2, 0) is 11.2 Å². The van der Waals surface area contributed by atoms with Gasteiger partial charge in [0.25, 0.3) is 0 Å². The maximum Gasteiger partial charge on any atom is 0.0678 e. The topological polar surface area (TPSA) is 38.5 Å². The van der Waals surface area contributed by atoms with Crippen LogP contribution in [0.3, 0.4) is 0 Å². The molecule has 2 rings (SSSR count). The van der Waals surface area contributed by atoms with E-state index in [0.29, 0.717) is 6.04 Å². The normalized spacial score (nSPS) is 27.2. The molecule has 0 amide bonds. The van der Waals surface area contributed by atoms with E-state index in [1.165, 1.54) is 11.1 Å². The highest BCUT2D eigenvalue weighted by atomic mass is 16.5. The molecule has 1 aliphatic heterocycles. The summed E-state index contributed by atoms with van der Waals surface area (Å²) >= 11 is 0. The van der Waals surface area contributed by atoms with Gasteiger partial charge in [0.15, 0.2) is 0 Å². The van der Waals surface area contributed by atoms with Crippen LogP contribution in [0.5, 0.6) is 0 Å². The summed E-state index contributed by atoms with van der Waals surface area (Å²) in [6.45, 7) is 10.6. The molecule has 0 bridgehead atoms. The van der Waals surface area contributed by atoms with Crippen LogP contribution in [0.15, 0.2) is 24.3 Å². The zero-order chi connectivity index (χ0) is 14.7. The number of aryl methyl sites for hydroxylation is 1. The minimum absolute atomic E-state index is 0.0541. The number of hydrogen-bond acceptors (Lipinski definition) is 3. The van der Waals surface area contributed by atoms with Crippen molar-refractivity contribution in [2.24, 2.45) is 5.73 Å². The van der Waals surface area contributed by atoms with Gasteiger partial charge in [-0.2, -0.15) is 0 Å². The third-order valence-electron chi connectivity index (χ3n) is 4.32. The fraction of sp³-hybridized carbons (Fsp3) is 0.647. The molecule has 0 aromatic heterocycles. The predicted octanol–water partition coefficient (Wildman–Crippen LogP) is 2.75.